The van der Waals surface area contributed by atoms with Crippen LogP contribution in [0.25, 0.3) is 11.1 Å². The first-order valence-electron chi connectivity index (χ1n) is 9.59. The van der Waals surface area contributed by atoms with Gasteiger partial charge in [0.15, 0.2) is 0 Å². The molecule has 1 aliphatic rings. The quantitative estimate of drug-likeness (QED) is 0.296. The van der Waals surface area contributed by atoms with Gasteiger partial charge in [0.2, 0.25) is 0 Å². The van der Waals surface area contributed by atoms with Crippen LogP contribution in [-0.4, -0.2) is 23.3 Å². The molecule has 6 heteroatoms. The number of ether oxygens (including phenoxy) is 1. The highest BCUT2D eigenvalue weighted by atomic mass is 35.5. The molecule has 3 rings (SSSR count). The van der Waals surface area contributed by atoms with E-state index in [0.717, 1.165) is 29.7 Å². The summed E-state index contributed by atoms with van der Waals surface area (Å²) in [5.41, 5.74) is 3.32. The van der Waals surface area contributed by atoms with Gasteiger partial charge in [-0.15, -0.1) is 0 Å². The molecular weight excluding hydrogens is 396 g/mol. The topological polar surface area (TPSA) is 38.7 Å². The Morgan fingerprint density at radius 3 is 2.31 bits per heavy atom. The van der Waals surface area contributed by atoms with Gasteiger partial charge in [0.05, 0.1) is 5.56 Å². The van der Waals surface area contributed by atoms with Crippen LogP contribution in [0.2, 0.25) is 0 Å². The summed E-state index contributed by atoms with van der Waals surface area (Å²) in [5, 5.41) is -0.192. The molecule has 2 aromatic rings. The summed E-state index contributed by atoms with van der Waals surface area (Å²) in [6.07, 6.45) is 4.05. The largest absolute Gasteiger partial charge is 0.416 e. The van der Waals surface area contributed by atoms with Crippen LogP contribution in [0.4, 0.5) is 8.78 Å². The van der Waals surface area contributed by atoms with Crippen molar-refractivity contribution in [2.75, 3.05) is 0 Å². The number of esters is 1. The van der Waals surface area contributed by atoms with Crippen molar-refractivity contribution in [3.8, 4) is 11.1 Å². The minimum absolute atomic E-state index is 0.114. The molecule has 3 nitrogen and oxygen atoms in total. The average molecular weight is 418 g/mol. The Bertz CT molecular complexity index is 909. The first-order chi connectivity index (χ1) is 13.9. The van der Waals surface area contributed by atoms with Gasteiger partial charge in [-0.1, -0.05) is 67.8 Å². The molecule has 0 bridgehead atoms. The maximum atomic E-state index is 14.5. The second-order valence-electron chi connectivity index (χ2n) is 6.94. The van der Waals surface area contributed by atoms with E-state index < -0.39 is 18.1 Å². The standard InChI is InChI=1S/C23H22ClF2NO2/c1-2-3-4-5-16-6-8-17(9-7-16)18-10-12-19(13-11-18)21(28)29-23(26)15-14-20(24)27-22(23)25/h6-15,22H,2-5H2,1H3. The molecule has 0 amide bonds. The fraction of sp³-hybridized carbons (Fsp3) is 0.304. The second kappa shape index (κ2) is 9.31. The number of rotatable bonds is 7. The molecule has 2 aromatic carbocycles. The number of dihydropyridines is 1. The van der Waals surface area contributed by atoms with Crippen LogP contribution in [0, 0.1) is 0 Å². The maximum Gasteiger partial charge on any atom is 0.341 e. The number of halogens is 3. The third kappa shape index (κ3) is 5.30. The molecular formula is C23H22ClF2NO2. The number of aliphatic imine (C=N–C) groups is 1. The molecule has 152 valence electrons. The number of nitrogens with zero attached hydrogens (tertiary/aromatic N) is 1. The molecule has 0 spiro atoms. The number of aryl methyl sites for hydroxylation is 1. The third-order valence-electron chi connectivity index (χ3n) is 4.74. The third-order valence-corrected chi connectivity index (χ3v) is 4.96. The first kappa shape index (κ1) is 21.2. The van der Waals surface area contributed by atoms with Crippen LogP contribution in [0.1, 0.15) is 42.1 Å². The molecule has 0 N–H and O–H groups in total. The van der Waals surface area contributed by atoms with Gasteiger partial charge in [0.25, 0.3) is 6.30 Å². The average Bonchev–Trinajstić information content (AvgIpc) is 2.72. The summed E-state index contributed by atoms with van der Waals surface area (Å²) in [6, 6.07) is 14.8. The van der Waals surface area contributed by atoms with Crippen molar-refractivity contribution in [2.24, 2.45) is 4.99 Å². The van der Waals surface area contributed by atoms with E-state index >= 15 is 0 Å². The molecule has 2 unspecified atom stereocenters. The van der Waals surface area contributed by atoms with Gasteiger partial charge in [-0.05, 0) is 53.8 Å². The van der Waals surface area contributed by atoms with Gasteiger partial charge in [-0.3, -0.25) is 0 Å². The Morgan fingerprint density at radius 1 is 1.10 bits per heavy atom. The Balaban J connectivity index is 1.65. The van der Waals surface area contributed by atoms with Crippen LogP contribution in [0.5, 0.6) is 0 Å². The van der Waals surface area contributed by atoms with Crippen molar-refractivity contribution < 1.29 is 18.3 Å². The number of hydrogen-bond acceptors (Lipinski definition) is 3. The van der Waals surface area contributed by atoms with Crippen molar-refractivity contribution in [2.45, 2.75) is 44.8 Å². The van der Waals surface area contributed by atoms with Crippen LogP contribution in [-0.2, 0) is 11.2 Å². The van der Waals surface area contributed by atoms with Crippen molar-refractivity contribution >= 4 is 22.7 Å². The van der Waals surface area contributed by atoms with Gasteiger partial charge in [-0.25, -0.2) is 14.2 Å². The molecule has 2 atom stereocenters. The summed E-state index contributed by atoms with van der Waals surface area (Å²) in [4.78, 5) is 15.5. The fourth-order valence-electron chi connectivity index (χ4n) is 3.03. The molecule has 0 saturated carbocycles. The number of allylic oxidation sites excluding steroid dienone is 1. The molecule has 0 aromatic heterocycles. The highest BCUT2D eigenvalue weighted by Gasteiger charge is 2.43. The van der Waals surface area contributed by atoms with Crippen LogP contribution < -0.4 is 0 Å². The Kier molecular flexibility index (Phi) is 6.80. The van der Waals surface area contributed by atoms with Gasteiger partial charge in [-0.2, -0.15) is 4.39 Å². The lowest BCUT2D eigenvalue weighted by Crippen LogP contribution is -2.39. The highest BCUT2D eigenvalue weighted by Crippen LogP contribution is 2.30. The maximum absolute atomic E-state index is 14.5. The summed E-state index contributed by atoms with van der Waals surface area (Å²) < 4.78 is 33.0. The lowest BCUT2D eigenvalue weighted by atomic mass is 10.0. The zero-order chi connectivity index (χ0) is 20.9. The van der Waals surface area contributed by atoms with Crippen LogP contribution in [0.15, 0.2) is 65.7 Å². The van der Waals surface area contributed by atoms with Gasteiger partial charge < -0.3 is 4.74 Å². The van der Waals surface area contributed by atoms with Crippen molar-refractivity contribution in [3.05, 3.63) is 71.8 Å². The van der Waals surface area contributed by atoms with E-state index in [0.29, 0.717) is 0 Å². The second-order valence-corrected chi connectivity index (χ2v) is 7.33. The molecule has 29 heavy (non-hydrogen) atoms. The fourth-order valence-corrected chi connectivity index (χ4v) is 3.18. The van der Waals surface area contributed by atoms with Gasteiger partial charge >= 0.3 is 11.8 Å². The van der Waals surface area contributed by atoms with Gasteiger partial charge in [0, 0.05) is 0 Å². The Morgan fingerprint density at radius 2 is 1.72 bits per heavy atom. The molecule has 1 heterocycles. The molecule has 0 fully saturated rings. The molecule has 0 aliphatic carbocycles. The predicted molar refractivity (Wildman–Crippen MR) is 112 cm³/mol. The van der Waals surface area contributed by atoms with Gasteiger partial charge in [0.1, 0.15) is 5.17 Å². The van der Waals surface area contributed by atoms with E-state index in [1.807, 2.05) is 12.1 Å². The van der Waals surface area contributed by atoms with E-state index in [2.05, 4.69) is 24.0 Å². The summed E-state index contributed by atoms with van der Waals surface area (Å²) in [7, 11) is 0. The minimum atomic E-state index is -2.97. The smallest absolute Gasteiger partial charge is 0.341 e. The number of hydrogen-bond donors (Lipinski definition) is 0. The van der Waals surface area contributed by atoms with Crippen molar-refractivity contribution in [1.82, 2.24) is 0 Å². The van der Waals surface area contributed by atoms with Crippen LogP contribution in [0.3, 0.4) is 0 Å². The highest BCUT2D eigenvalue weighted by molar-refractivity contribution is 6.68. The summed E-state index contributed by atoms with van der Waals surface area (Å²) in [6.45, 7) is 2.18. The number of unbranched alkanes of at least 4 members (excludes halogenated alkanes) is 2. The zero-order valence-corrected chi connectivity index (χ0v) is 16.8. The number of carbonyl (C=O) groups is 1. The minimum Gasteiger partial charge on any atom is -0.416 e. The SMILES string of the molecule is CCCCCc1ccc(-c2ccc(C(=O)OC3(F)C=CC(Cl)=NC3F)cc2)cc1. The monoisotopic (exact) mass is 417 g/mol. The molecule has 1 aliphatic heterocycles. The van der Waals surface area contributed by atoms with E-state index in [-0.39, 0.29) is 10.7 Å². The van der Waals surface area contributed by atoms with E-state index in [9.17, 15) is 13.6 Å². The van der Waals surface area contributed by atoms with Crippen LogP contribution >= 0.6 is 11.6 Å². The number of benzene rings is 2. The lowest BCUT2D eigenvalue weighted by molar-refractivity contribution is -0.112. The Labute approximate surface area is 174 Å². The zero-order valence-electron chi connectivity index (χ0n) is 16.1. The van der Waals surface area contributed by atoms with E-state index in [1.54, 1.807) is 12.1 Å². The summed E-state index contributed by atoms with van der Waals surface area (Å²) >= 11 is 5.53. The first-order valence-corrected chi connectivity index (χ1v) is 9.97. The molecule has 0 radical (unpaired) electrons. The van der Waals surface area contributed by atoms with E-state index in [1.165, 1.54) is 37.0 Å². The predicted octanol–water partition coefficient (Wildman–Crippen LogP) is 6.41. The Hall–Kier alpha value is -2.53. The lowest BCUT2D eigenvalue weighted by Gasteiger charge is -2.25. The number of carbonyl (C=O) groups excluding carboxylic acids is 1. The molecule has 0 saturated heterocycles. The van der Waals surface area contributed by atoms with Crippen molar-refractivity contribution in [1.29, 1.82) is 0 Å². The van der Waals surface area contributed by atoms with E-state index in [4.69, 9.17) is 16.3 Å². The summed E-state index contributed by atoms with van der Waals surface area (Å²) in [5.74, 6) is -3.95. The van der Waals surface area contributed by atoms with Crippen molar-refractivity contribution in [3.63, 3.8) is 0 Å². The normalized spacial score (nSPS) is 21.0. The number of alkyl halides is 2.